The highest BCUT2D eigenvalue weighted by molar-refractivity contribution is 5.81. The highest BCUT2D eigenvalue weighted by atomic mass is 16.4. The van der Waals surface area contributed by atoms with E-state index in [0.717, 1.165) is 22.2 Å². The Hall–Kier alpha value is -3.25. The molecule has 0 N–H and O–H groups in total. The molecular formula is C23H24N4O2. The Morgan fingerprint density at radius 2 is 1.83 bits per heavy atom. The Morgan fingerprint density at radius 3 is 2.52 bits per heavy atom. The summed E-state index contributed by atoms with van der Waals surface area (Å²) in [6.07, 6.45) is 3.20. The van der Waals surface area contributed by atoms with Gasteiger partial charge in [-0.1, -0.05) is 12.1 Å². The fourth-order valence-corrected chi connectivity index (χ4v) is 3.52. The Morgan fingerprint density at radius 1 is 1.10 bits per heavy atom. The SMILES string of the molecule is Cc1cc2oc(=O)cc(CN(C)C(C)c3ccc(-n4cncn4)cc3)c2cc1C. The van der Waals surface area contributed by atoms with Gasteiger partial charge in [0.2, 0.25) is 0 Å². The van der Waals surface area contributed by atoms with Crippen molar-refractivity contribution < 1.29 is 4.42 Å². The summed E-state index contributed by atoms with van der Waals surface area (Å²) in [5.74, 6) is 0. The zero-order valence-corrected chi connectivity index (χ0v) is 17.1. The lowest BCUT2D eigenvalue weighted by Crippen LogP contribution is -2.22. The number of benzene rings is 2. The van der Waals surface area contributed by atoms with Gasteiger partial charge in [-0.05, 0) is 74.3 Å². The van der Waals surface area contributed by atoms with Crippen LogP contribution in [0.25, 0.3) is 16.7 Å². The minimum Gasteiger partial charge on any atom is -0.423 e. The maximum atomic E-state index is 12.1. The summed E-state index contributed by atoms with van der Waals surface area (Å²) in [6, 6.07) is 14.1. The summed E-state index contributed by atoms with van der Waals surface area (Å²) in [6.45, 7) is 6.91. The summed E-state index contributed by atoms with van der Waals surface area (Å²) in [4.78, 5) is 18.3. The standard InChI is InChI=1S/C23H24N4O2/c1-15-9-21-19(11-23(28)29-22(21)10-16(15)2)12-26(4)17(3)18-5-7-20(8-6-18)27-14-24-13-25-27/h5-11,13-14,17H,12H2,1-4H3. The van der Waals surface area contributed by atoms with Crippen molar-refractivity contribution >= 4 is 11.0 Å². The van der Waals surface area contributed by atoms with Crippen LogP contribution in [-0.2, 0) is 6.54 Å². The van der Waals surface area contributed by atoms with E-state index in [-0.39, 0.29) is 11.7 Å². The Balaban J connectivity index is 1.60. The zero-order valence-electron chi connectivity index (χ0n) is 17.1. The summed E-state index contributed by atoms with van der Waals surface area (Å²) in [5.41, 5.74) is 5.78. The molecule has 6 nitrogen and oxygen atoms in total. The monoisotopic (exact) mass is 388 g/mol. The van der Waals surface area contributed by atoms with Crippen molar-refractivity contribution in [2.75, 3.05) is 7.05 Å². The van der Waals surface area contributed by atoms with Gasteiger partial charge in [0.05, 0.1) is 5.69 Å². The van der Waals surface area contributed by atoms with Gasteiger partial charge >= 0.3 is 5.63 Å². The second kappa shape index (κ2) is 7.64. The third kappa shape index (κ3) is 3.84. The first-order valence-electron chi connectivity index (χ1n) is 9.61. The fraction of sp³-hybridized carbons (Fsp3) is 0.261. The molecule has 1 unspecified atom stereocenters. The molecule has 4 aromatic rings. The van der Waals surface area contributed by atoms with Crippen LogP contribution in [0.5, 0.6) is 0 Å². The van der Waals surface area contributed by atoms with Crippen molar-refractivity contribution in [1.29, 1.82) is 0 Å². The second-order valence-electron chi connectivity index (χ2n) is 7.55. The number of rotatable bonds is 5. The van der Waals surface area contributed by atoms with Crippen molar-refractivity contribution in [2.24, 2.45) is 0 Å². The van der Waals surface area contributed by atoms with Crippen LogP contribution in [0, 0.1) is 13.8 Å². The van der Waals surface area contributed by atoms with Gasteiger partial charge in [-0.3, -0.25) is 4.90 Å². The number of aryl methyl sites for hydroxylation is 2. The molecule has 1 atom stereocenters. The topological polar surface area (TPSA) is 64.2 Å². The highest BCUT2D eigenvalue weighted by Gasteiger charge is 2.15. The van der Waals surface area contributed by atoms with Crippen molar-refractivity contribution in [1.82, 2.24) is 19.7 Å². The van der Waals surface area contributed by atoms with Crippen molar-refractivity contribution in [3.63, 3.8) is 0 Å². The van der Waals surface area contributed by atoms with E-state index in [4.69, 9.17) is 4.42 Å². The first-order chi connectivity index (χ1) is 13.9. The normalized spacial score (nSPS) is 12.6. The molecule has 148 valence electrons. The zero-order chi connectivity index (χ0) is 20.5. The van der Waals surface area contributed by atoms with Gasteiger partial charge in [-0.25, -0.2) is 14.5 Å². The van der Waals surface area contributed by atoms with Gasteiger partial charge < -0.3 is 4.42 Å². The van der Waals surface area contributed by atoms with E-state index in [1.165, 1.54) is 17.5 Å². The molecule has 29 heavy (non-hydrogen) atoms. The summed E-state index contributed by atoms with van der Waals surface area (Å²) in [5, 5.41) is 5.15. The number of aromatic nitrogens is 3. The van der Waals surface area contributed by atoms with Crippen LogP contribution < -0.4 is 5.63 Å². The van der Waals surface area contributed by atoms with Crippen molar-refractivity contribution in [3.05, 3.63) is 87.8 Å². The molecule has 0 bridgehead atoms. The number of fused-ring (bicyclic) bond motifs is 1. The van der Waals surface area contributed by atoms with E-state index >= 15 is 0 Å². The molecule has 0 saturated carbocycles. The second-order valence-corrected chi connectivity index (χ2v) is 7.55. The van der Waals surface area contributed by atoms with Gasteiger partial charge in [0.25, 0.3) is 0 Å². The van der Waals surface area contributed by atoms with Gasteiger partial charge in [0, 0.05) is 24.0 Å². The molecule has 2 aromatic carbocycles. The molecule has 0 aliphatic heterocycles. The first-order valence-corrected chi connectivity index (χ1v) is 9.61. The molecule has 0 aliphatic carbocycles. The predicted molar refractivity (Wildman–Crippen MR) is 113 cm³/mol. The largest absolute Gasteiger partial charge is 0.423 e. The van der Waals surface area contributed by atoms with Crippen molar-refractivity contribution in [2.45, 2.75) is 33.4 Å². The van der Waals surface area contributed by atoms with Crippen molar-refractivity contribution in [3.8, 4) is 5.69 Å². The molecule has 2 aromatic heterocycles. The predicted octanol–water partition coefficient (Wildman–Crippen LogP) is 4.18. The fourth-order valence-electron chi connectivity index (χ4n) is 3.52. The molecule has 0 radical (unpaired) electrons. The van der Waals surface area contributed by atoms with E-state index in [1.54, 1.807) is 17.1 Å². The minimum atomic E-state index is -0.311. The average molecular weight is 388 g/mol. The summed E-state index contributed by atoms with van der Waals surface area (Å²) in [7, 11) is 2.07. The maximum absolute atomic E-state index is 12.1. The van der Waals surface area contributed by atoms with E-state index in [2.05, 4.69) is 54.1 Å². The summed E-state index contributed by atoms with van der Waals surface area (Å²) < 4.78 is 7.16. The molecule has 6 heteroatoms. The molecule has 2 heterocycles. The van der Waals surface area contributed by atoms with Gasteiger partial charge in [-0.2, -0.15) is 5.10 Å². The van der Waals surface area contributed by atoms with Crippen LogP contribution in [0.2, 0.25) is 0 Å². The van der Waals surface area contributed by atoms with Crippen LogP contribution >= 0.6 is 0 Å². The maximum Gasteiger partial charge on any atom is 0.336 e. The molecule has 0 spiro atoms. The molecule has 0 aliphatic rings. The third-order valence-corrected chi connectivity index (χ3v) is 5.58. The quantitative estimate of drug-likeness (QED) is 0.480. The van der Waals surface area contributed by atoms with E-state index in [1.807, 2.05) is 25.1 Å². The first kappa shape index (κ1) is 19.1. The number of hydrogen-bond acceptors (Lipinski definition) is 5. The van der Waals surface area contributed by atoms with Gasteiger partial charge in [0.1, 0.15) is 18.2 Å². The van der Waals surface area contributed by atoms with E-state index in [0.29, 0.717) is 12.1 Å². The van der Waals surface area contributed by atoms with Crippen LogP contribution in [0.1, 0.15) is 35.2 Å². The van der Waals surface area contributed by atoms with Gasteiger partial charge in [0.15, 0.2) is 0 Å². The lowest BCUT2D eigenvalue weighted by molar-refractivity contribution is 0.253. The lowest BCUT2D eigenvalue weighted by atomic mass is 10.0. The summed E-state index contributed by atoms with van der Waals surface area (Å²) >= 11 is 0. The van der Waals surface area contributed by atoms with Crippen LogP contribution in [0.15, 0.2) is 64.3 Å². The Labute approximate surface area is 169 Å². The Kier molecular flexibility index (Phi) is 5.03. The molecule has 0 amide bonds. The van der Waals surface area contributed by atoms with Crippen LogP contribution in [0.4, 0.5) is 0 Å². The van der Waals surface area contributed by atoms with E-state index < -0.39 is 0 Å². The van der Waals surface area contributed by atoms with Crippen LogP contribution in [-0.4, -0.2) is 26.7 Å². The number of nitrogens with zero attached hydrogens (tertiary/aromatic N) is 4. The Bertz CT molecular complexity index is 1190. The van der Waals surface area contributed by atoms with E-state index in [9.17, 15) is 4.79 Å². The molecule has 0 fully saturated rings. The highest BCUT2D eigenvalue weighted by Crippen LogP contribution is 2.26. The lowest BCUT2D eigenvalue weighted by Gasteiger charge is -2.25. The number of hydrogen-bond donors (Lipinski definition) is 0. The molecule has 0 saturated heterocycles. The minimum absolute atomic E-state index is 0.175. The smallest absolute Gasteiger partial charge is 0.336 e. The van der Waals surface area contributed by atoms with Gasteiger partial charge in [-0.15, -0.1) is 0 Å². The molecule has 4 rings (SSSR count). The third-order valence-electron chi connectivity index (χ3n) is 5.58. The molecular weight excluding hydrogens is 364 g/mol. The van der Waals surface area contributed by atoms with Crippen LogP contribution in [0.3, 0.4) is 0 Å². The average Bonchev–Trinajstić information content (AvgIpc) is 3.24.